The number of rotatable bonds is 10. The molecule has 0 saturated carbocycles. The fourth-order valence-electron chi connectivity index (χ4n) is 3.60. The molecular formula is C30H47F3O. The van der Waals surface area contributed by atoms with Crippen LogP contribution in [0.2, 0.25) is 0 Å². The highest BCUT2D eigenvalue weighted by Gasteiger charge is 2.18. The lowest BCUT2D eigenvalue weighted by atomic mass is 9.82. The molecule has 2 atom stereocenters. The Balaban J connectivity index is -0.00000135. The quantitative estimate of drug-likeness (QED) is 0.307. The molecule has 0 aliphatic heterocycles. The van der Waals surface area contributed by atoms with Crippen molar-refractivity contribution in [2.24, 2.45) is 5.92 Å². The van der Waals surface area contributed by atoms with Gasteiger partial charge in [0.25, 0.3) is 0 Å². The van der Waals surface area contributed by atoms with Crippen molar-refractivity contribution in [3.8, 4) is 5.75 Å². The largest absolute Gasteiger partial charge is 0.496 e. The first-order chi connectivity index (χ1) is 16.5. The van der Waals surface area contributed by atoms with Crippen LogP contribution in [0.15, 0.2) is 66.8 Å². The second-order valence-electron chi connectivity index (χ2n) is 7.63. The molecule has 2 aromatic carbocycles. The standard InChI is InChI=1S/C26H33FO.2C2H6.F2.H2/c1-6-7-19(2)21(4)16-24(25-14-8-20(3)26(17-25)28-5)15-13-22-9-11-23(18-27)12-10-22;3*1-2;/h6-12,14,17,21,24H,2,13,15-16,18H2,1,3-5H3;2*1-2H3;;1H/b7-6-;;;;/t21-,24?;;;;/m1..../s1. The average Bonchev–Trinajstić information content (AvgIpc) is 2.90. The lowest BCUT2D eigenvalue weighted by Crippen LogP contribution is -2.08. The maximum atomic E-state index is 12.8. The molecule has 0 amide bonds. The molecule has 0 saturated heterocycles. The number of aryl methyl sites for hydroxylation is 2. The zero-order valence-corrected chi connectivity index (χ0v) is 22.4. The zero-order valence-electron chi connectivity index (χ0n) is 22.4. The third kappa shape index (κ3) is 12.1. The van der Waals surface area contributed by atoms with E-state index in [4.69, 9.17) is 13.9 Å². The molecule has 4 heteroatoms. The minimum absolute atomic E-state index is 0. The Kier molecular flexibility index (Phi) is 20.9. The monoisotopic (exact) mass is 480 g/mol. The summed E-state index contributed by atoms with van der Waals surface area (Å²) in [6, 6.07) is 14.4. The van der Waals surface area contributed by atoms with Gasteiger partial charge in [-0.25, -0.2) is 4.39 Å². The fraction of sp³-hybridized carbons (Fsp3) is 0.467. The van der Waals surface area contributed by atoms with E-state index in [1.165, 1.54) is 16.7 Å². The number of benzene rings is 2. The van der Waals surface area contributed by atoms with Crippen LogP contribution in [0, 0.1) is 12.8 Å². The van der Waals surface area contributed by atoms with Crippen LogP contribution in [-0.4, -0.2) is 7.11 Å². The van der Waals surface area contributed by atoms with Gasteiger partial charge in [-0.2, -0.15) is 0 Å². The molecular weight excluding hydrogens is 433 g/mol. The minimum Gasteiger partial charge on any atom is -0.496 e. The Morgan fingerprint density at radius 1 is 1.03 bits per heavy atom. The van der Waals surface area contributed by atoms with E-state index in [0.717, 1.165) is 36.1 Å². The highest BCUT2D eigenvalue weighted by atomic mass is 20.0. The number of alkyl halides is 1. The first kappa shape index (κ1) is 33.7. The summed E-state index contributed by atoms with van der Waals surface area (Å²) < 4.78 is 34.3. The van der Waals surface area contributed by atoms with Gasteiger partial charge in [0.05, 0.1) is 7.11 Å². The Bertz CT molecular complexity index is 804. The molecule has 0 aliphatic carbocycles. The summed E-state index contributed by atoms with van der Waals surface area (Å²) >= 11 is 0. The molecule has 0 fully saturated rings. The van der Waals surface area contributed by atoms with Crippen LogP contribution < -0.4 is 4.74 Å². The molecule has 34 heavy (non-hydrogen) atoms. The van der Waals surface area contributed by atoms with Crippen LogP contribution in [0.1, 0.15) is 84.0 Å². The van der Waals surface area contributed by atoms with Crippen molar-refractivity contribution in [2.45, 2.75) is 80.3 Å². The number of halogens is 3. The first-order valence-electron chi connectivity index (χ1n) is 12.2. The second-order valence-corrected chi connectivity index (χ2v) is 7.63. The van der Waals surface area contributed by atoms with Crippen LogP contribution in [0.25, 0.3) is 0 Å². The third-order valence-corrected chi connectivity index (χ3v) is 5.51. The minimum atomic E-state index is -0.406. The van der Waals surface area contributed by atoms with Gasteiger partial charge in [0.15, 0.2) is 0 Å². The van der Waals surface area contributed by atoms with E-state index in [1.807, 2.05) is 58.9 Å². The summed E-state index contributed by atoms with van der Waals surface area (Å²) in [5.41, 5.74) is 5.61. The van der Waals surface area contributed by atoms with Crippen molar-refractivity contribution in [1.29, 1.82) is 0 Å². The Hall–Kier alpha value is -2.49. The molecule has 0 radical (unpaired) electrons. The highest BCUT2D eigenvalue weighted by Crippen LogP contribution is 2.34. The first-order valence-corrected chi connectivity index (χ1v) is 12.2. The number of methoxy groups -OCH3 is 1. The normalized spacial score (nSPS) is 11.6. The van der Waals surface area contributed by atoms with E-state index < -0.39 is 6.67 Å². The van der Waals surface area contributed by atoms with Gasteiger partial charge >= 0.3 is 0 Å². The summed E-state index contributed by atoms with van der Waals surface area (Å²) in [5, 5.41) is 0. The molecule has 194 valence electrons. The third-order valence-electron chi connectivity index (χ3n) is 5.51. The second kappa shape index (κ2) is 21.1. The Morgan fingerprint density at radius 3 is 2.09 bits per heavy atom. The SMILES string of the molecule is C=C(/C=C\C)[C@H](C)CC(CCc1ccc(CF)cc1)c1ccc(C)c(OC)c1.CC.CC.FF.[HH]. The molecule has 0 spiro atoms. The average molecular weight is 481 g/mol. The lowest BCUT2D eigenvalue weighted by Gasteiger charge is -2.23. The van der Waals surface area contributed by atoms with Crippen LogP contribution >= 0.6 is 0 Å². The Morgan fingerprint density at radius 2 is 1.59 bits per heavy atom. The number of ether oxygens (including phenoxy) is 1. The van der Waals surface area contributed by atoms with Crippen LogP contribution in [0.3, 0.4) is 0 Å². The number of hydrogen-bond donors (Lipinski definition) is 0. The van der Waals surface area contributed by atoms with Gasteiger partial charge in [-0.05, 0) is 73.3 Å². The van der Waals surface area contributed by atoms with E-state index in [-0.39, 0.29) is 1.43 Å². The summed E-state index contributed by atoms with van der Waals surface area (Å²) in [6.45, 7) is 18.2. The van der Waals surface area contributed by atoms with E-state index in [1.54, 1.807) is 7.11 Å². The van der Waals surface area contributed by atoms with E-state index in [0.29, 0.717) is 11.8 Å². The molecule has 0 bridgehead atoms. The van der Waals surface area contributed by atoms with E-state index in [2.05, 4.69) is 50.8 Å². The van der Waals surface area contributed by atoms with Gasteiger partial charge in [0.1, 0.15) is 12.4 Å². The molecule has 1 nitrogen and oxygen atoms in total. The van der Waals surface area contributed by atoms with Gasteiger partial charge in [-0.3, -0.25) is 0 Å². The van der Waals surface area contributed by atoms with Crippen LogP contribution in [-0.2, 0) is 13.1 Å². The molecule has 0 aromatic heterocycles. The highest BCUT2D eigenvalue weighted by molar-refractivity contribution is 5.38. The maximum absolute atomic E-state index is 12.8. The fourth-order valence-corrected chi connectivity index (χ4v) is 3.60. The van der Waals surface area contributed by atoms with E-state index >= 15 is 0 Å². The zero-order chi connectivity index (χ0) is 26.5. The lowest BCUT2D eigenvalue weighted by molar-refractivity contribution is 0.108. The van der Waals surface area contributed by atoms with Crippen molar-refractivity contribution in [3.63, 3.8) is 0 Å². The topological polar surface area (TPSA) is 9.23 Å². The van der Waals surface area contributed by atoms with Crippen molar-refractivity contribution in [1.82, 2.24) is 0 Å². The molecule has 0 N–H and O–H groups in total. The van der Waals surface area contributed by atoms with Crippen molar-refractivity contribution >= 4 is 0 Å². The predicted molar refractivity (Wildman–Crippen MR) is 145 cm³/mol. The summed E-state index contributed by atoms with van der Waals surface area (Å²) in [6.07, 6.45) is 7.20. The van der Waals surface area contributed by atoms with E-state index in [9.17, 15) is 4.39 Å². The summed E-state index contributed by atoms with van der Waals surface area (Å²) in [7, 11) is 1.73. The maximum Gasteiger partial charge on any atom is 0.122 e. The van der Waals surface area contributed by atoms with Gasteiger partial charge in [-0.15, -0.1) is 0 Å². The smallest absolute Gasteiger partial charge is 0.122 e. The summed E-state index contributed by atoms with van der Waals surface area (Å²) in [5.74, 6) is 1.75. The molecule has 2 aromatic rings. The Labute approximate surface area is 208 Å². The molecule has 0 aliphatic rings. The molecule has 0 heterocycles. The summed E-state index contributed by atoms with van der Waals surface area (Å²) in [4.78, 5) is 0. The van der Waals surface area contributed by atoms with Crippen molar-refractivity contribution < 1.29 is 19.7 Å². The van der Waals surface area contributed by atoms with Crippen LogP contribution in [0.5, 0.6) is 5.75 Å². The van der Waals surface area contributed by atoms with Gasteiger partial charge in [0, 0.05) is 10.6 Å². The predicted octanol–water partition coefficient (Wildman–Crippen LogP) is 10.5. The van der Waals surface area contributed by atoms with Crippen molar-refractivity contribution in [3.05, 3.63) is 89.0 Å². The molecule has 2 rings (SSSR count). The van der Waals surface area contributed by atoms with Gasteiger partial charge in [-0.1, -0.05) is 95.3 Å². The van der Waals surface area contributed by atoms with Crippen LogP contribution in [0.4, 0.5) is 13.5 Å². The number of hydrogen-bond acceptors (Lipinski definition) is 1. The van der Waals surface area contributed by atoms with Gasteiger partial charge < -0.3 is 4.74 Å². The van der Waals surface area contributed by atoms with Gasteiger partial charge in [0.2, 0.25) is 0 Å². The number of allylic oxidation sites excluding steroid dienone is 3. The van der Waals surface area contributed by atoms with Crippen molar-refractivity contribution in [2.75, 3.05) is 7.11 Å². The molecule has 1 unspecified atom stereocenters.